The molecule has 0 amide bonds. The molecule has 0 spiro atoms. The van der Waals surface area contributed by atoms with Crippen LogP contribution in [0.4, 0.5) is 0 Å². The Morgan fingerprint density at radius 1 is 1.23 bits per heavy atom. The van der Waals surface area contributed by atoms with Crippen molar-refractivity contribution in [2.45, 2.75) is 6.54 Å². The number of carbonyl (C=O) groups excluding carboxylic acids is 2. The van der Waals surface area contributed by atoms with Gasteiger partial charge >= 0.3 is 0 Å². The zero-order chi connectivity index (χ0) is 9.68. The van der Waals surface area contributed by atoms with Crippen LogP contribution in [-0.4, -0.2) is 19.6 Å². The number of nitrogens with one attached hydrogen (secondary N) is 1. The Morgan fingerprint density at radius 2 is 1.92 bits per heavy atom. The highest BCUT2D eigenvalue weighted by molar-refractivity contribution is 5.90. The molecule has 0 radical (unpaired) electrons. The van der Waals surface area contributed by atoms with E-state index in [4.69, 9.17) is 0 Å². The van der Waals surface area contributed by atoms with Crippen molar-refractivity contribution in [3.63, 3.8) is 0 Å². The van der Waals surface area contributed by atoms with Crippen LogP contribution in [0.3, 0.4) is 0 Å². The minimum Gasteiger partial charge on any atom is -0.316 e. The van der Waals surface area contributed by atoms with Gasteiger partial charge in [0.05, 0.1) is 0 Å². The molecule has 0 aliphatic heterocycles. The van der Waals surface area contributed by atoms with E-state index >= 15 is 0 Å². The molecule has 0 saturated heterocycles. The molecule has 1 aromatic carbocycles. The summed E-state index contributed by atoms with van der Waals surface area (Å²) < 4.78 is 0. The van der Waals surface area contributed by atoms with Gasteiger partial charge in [-0.15, -0.1) is 0 Å². The van der Waals surface area contributed by atoms with Gasteiger partial charge in [0.15, 0.2) is 12.6 Å². The second kappa shape index (κ2) is 4.52. The fraction of sp³-hybridized carbons (Fsp3) is 0.200. The van der Waals surface area contributed by atoms with E-state index in [1.807, 2.05) is 13.1 Å². The zero-order valence-electron chi connectivity index (χ0n) is 7.41. The quantitative estimate of drug-likeness (QED) is 0.699. The van der Waals surface area contributed by atoms with E-state index < -0.39 is 0 Å². The number of carbonyl (C=O) groups is 2. The fourth-order valence-corrected chi connectivity index (χ4v) is 1.15. The lowest BCUT2D eigenvalue weighted by Gasteiger charge is -2.02. The molecule has 1 N–H and O–H groups in total. The lowest BCUT2D eigenvalue weighted by molar-refractivity contribution is 0.109. The SMILES string of the molecule is CNCc1ccc(C=O)c(C=O)c1. The minimum absolute atomic E-state index is 0.440. The molecule has 1 aromatic rings. The summed E-state index contributed by atoms with van der Waals surface area (Å²) in [6.07, 6.45) is 1.38. The van der Waals surface area contributed by atoms with Crippen molar-refractivity contribution >= 4 is 12.6 Å². The lowest BCUT2D eigenvalue weighted by Crippen LogP contribution is -2.05. The molecule has 0 fully saturated rings. The topological polar surface area (TPSA) is 46.2 Å². The van der Waals surface area contributed by atoms with Crippen LogP contribution in [0.1, 0.15) is 26.3 Å². The molecule has 0 bridgehead atoms. The van der Waals surface area contributed by atoms with Crippen LogP contribution in [0.15, 0.2) is 18.2 Å². The monoisotopic (exact) mass is 177 g/mol. The summed E-state index contributed by atoms with van der Waals surface area (Å²) in [6, 6.07) is 5.20. The van der Waals surface area contributed by atoms with Crippen LogP contribution < -0.4 is 5.32 Å². The Labute approximate surface area is 76.8 Å². The summed E-state index contributed by atoms with van der Waals surface area (Å²) >= 11 is 0. The Kier molecular flexibility index (Phi) is 3.34. The van der Waals surface area contributed by atoms with E-state index in [1.165, 1.54) is 0 Å². The van der Waals surface area contributed by atoms with Gasteiger partial charge in [0, 0.05) is 17.7 Å². The van der Waals surface area contributed by atoms with Crippen molar-refractivity contribution in [3.05, 3.63) is 34.9 Å². The number of hydrogen-bond acceptors (Lipinski definition) is 3. The van der Waals surface area contributed by atoms with E-state index in [-0.39, 0.29) is 0 Å². The van der Waals surface area contributed by atoms with Gasteiger partial charge in [-0.05, 0) is 18.7 Å². The number of hydrogen-bond donors (Lipinski definition) is 1. The second-order valence-corrected chi connectivity index (χ2v) is 2.73. The molecule has 0 aliphatic carbocycles. The van der Waals surface area contributed by atoms with Gasteiger partial charge in [-0.3, -0.25) is 9.59 Å². The molecular formula is C10H11NO2. The highest BCUT2D eigenvalue weighted by Gasteiger charge is 2.01. The van der Waals surface area contributed by atoms with E-state index in [0.717, 1.165) is 5.56 Å². The van der Waals surface area contributed by atoms with Crippen molar-refractivity contribution in [3.8, 4) is 0 Å². The average molecular weight is 177 g/mol. The Morgan fingerprint density at radius 3 is 2.46 bits per heavy atom. The van der Waals surface area contributed by atoms with E-state index in [1.54, 1.807) is 12.1 Å². The van der Waals surface area contributed by atoms with Crippen LogP contribution in [0, 0.1) is 0 Å². The summed E-state index contributed by atoms with van der Waals surface area (Å²) in [4.78, 5) is 21.0. The lowest BCUT2D eigenvalue weighted by atomic mass is 10.1. The largest absolute Gasteiger partial charge is 0.316 e. The third kappa shape index (κ3) is 2.23. The minimum atomic E-state index is 0.440. The third-order valence-corrected chi connectivity index (χ3v) is 1.79. The van der Waals surface area contributed by atoms with E-state index in [0.29, 0.717) is 30.2 Å². The first-order valence-electron chi connectivity index (χ1n) is 3.99. The number of rotatable bonds is 4. The van der Waals surface area contributed by atoms with Gasteiger partial charge in [-0.1, -0.05) is 12.1 Å². The molecule has 68 valence electrons. The molecule has 0 saturated carbocycles. The number of aldehydes is 2. The molecule has 3 heteroatoms. The maximum atomic E-state index is 10.6. The standard InChI is InChI=1S/C10H11NO2/c1-11-5-8-2-3-9(6-12)10(4-8)7-13/h2-4,6-7,11H,5H2,1H3. The van der Waals surface area contributed by atoms with Crippen molar-refractivity contribution < 1.29 is 9.59 Å². The predicted molar refractivity (Wildman–Crippen MR) is 50.0 cm³/mol. The van der Waals surface area contributed by atoms with Gasteiger partial charge < -0.3 is 5.32 Å². The third-order valence-electron chi connectivity index (χ3n) is 1.79. The first-order chi connectivity index (χ1) is 6.31. The second-order valence-electron chi connectivity index (χ2n) is 2.73. The summed E-state index contributed by atoms with van der Waals surface area (Å²) in [5, 5.41) is 2.97. The number of benzene rings is 1. The molecule has 1 rings (SSSR count). The average Bonchev–Trinajstić information content (AvgIpc) is 2.18. The summed E-state index contributed by atoms with van der Waals surface area (Å²) in [6.45, 7) is 0.694. The van der Waals surface area contributed by atoms with E-state index in [9.17, 15) is 9.59 Å². The first kappa shape index (κ1) is 9.61. The first-order valence-corrected chi connectivity index (χ1v) is 3.99. The van der Waals surface area contributed by atoms with Crippen molar-refractivity contribution in [2.24, 2.45) is 0 Å². The van der Waals surface area contributed by atoms with Gasteiger partial charge in [0.25, 0.3) is 0 Å². The summed E-state index contributed by atoms with van der Waals surface area (Å²) in [5.41, 5.74) is 1.88. The molecule has 0 unspecified atom stereocenters. The Hall–Kier alpha value is -1.48. The fourth-order valence-electron chi connectivity index (χ4n) is 1.15. The van der Waals surface area contributed by atoms with Crippen LogP contribution >= 0.6 is 0 Å². The molecule has 3 nitrogen and oxygen atoms in total. The molecular weight excluding hydrogens is 166 g/mol. The zero-order valence-corrected chi connectivity index (χ0v) is 7.41. The molecule has 0 aliphatic rings. The summed E-state index contributed by atoms with van der Waals surface area (Å²) in [7, 11) is 1.83. The molecule has 0 aromatic heterocycles. The van der Waals surface area contributed by atoms with Crippen molar-refractivity contribution in [1.29, 1.82) is 0 Å². The van der Waals surface area contributed by atoms with Crippen LogP contribution in [-0.2, 0) is 6.54 Å². The normalized spacial score (nSPS) is 9.62. The van der Waals surface area contributed by atoms with Gasteiger partial charge in [-0.2, -0.15) is 0 Å². The maximum absolute atomic E-state index is 10.6. The van der Waals surface area contributed by atoms with Crippen LogP contribution in [0.25, 0.3) is 0 Å². The van der Waals surface area contributed by atoms with Gasteiger partial charge in [0.1, 0.15) is 0 Å². The summed E-state index contributed by atoms with van der Waals surface area (Å²) in [5.74, 6) is 0. The maximum Gasteiger partial charge on any atom is 0.150 e. The van der Waals surface area contributed by atoms with E-state index in [2.05, 4.69) is 5.32 Å². The predicted octanol–water partition coefficient (Wildman–Crippen LogP) is 1.03. The van der Waals surface area contributed by atoms with Gasteiger partial charge in [0.2, 0.25) is 0 Å². The van der Waals surface area contributed by atoms with Crippen LogP contribution in [0.2, 0.25) is 0 Å². The molecule has 0 atom stereocenters. The Balaban J connectivity index is 3.05. The molecule has 0 heterocycles. The van der Waals surface area contributed by atoms with Crippen molar-refractivity contribution in [2.75, 3.05) is 7.05 Å². The highest BCUT2D eigenvalue weighted by atomic mass is 16.1. The Bertz CT molecular complexity index is 321. The van der Waals surface area contributed by atoms with Crippen molar-refractivity contribution in [1.82, 2.24) is 5.32 Å². The van der Waals surface area contributed by atoms with Crippen LogP contribution in [0.5, 0.6) is 0 Å². The smallest absolute Gasteiger partial charge is 0.150 e. The highest BCUT2D eigenvalue weighted by Crippen LogP contribution is 2.08. The molecule has 13 heavy (non-hydrogen) atoms. The van der Waals surface area contributed by atoms with Gasteiger partial charge in [-0.25, -0.2) is 0 Å².